The first-order valence-electron chi connectivity index (χ1n) is 5.53. The van der Waals surface area contributed by atoms with E-state index in [4.69, 9.17) is 9.47 Å². The summed E-state index contributed by atoms with van der Waals surface area (Å²) in [5.74, 6) is 0.349. The third-order valence-electron chi connectivity index (χ3n) is 3.13. The van der Waals surface area contributed by atoms with E-state index in [1.165, 1.54) is 25.7 Å². The van der Waals surface area contributed by atoms with Gasteiger partial charge in [0.1, 0.15) is 6.10 Å². The Kier molecular flexibility index (Phi) is 5.45. The maximum atomic E-state index is 10.0. The van der Waals surface area contributed by atoms with Gasteiger partial charge in [0.05, 0.1) is 0 Å². The molecule has 0 amide bonds. The minimum Gasteiger partial charge on any atom is -0.388 e. The lowest BCUT2D eigenvalue weighted by molar-refractivity contribution is -0.179. The zero-order valence-corrected chi connectivity index (χ0v) is 9.24. The molecule has 0 saturated heterocycles. The van der Waals surface area contributed by atoms with Crippen molar-refractivity contribution in [2.24, 2.45) is 5.92 Å². The molecule has 0 aromatic heterocycles. The topological polar surface area (TPSA) is 38.7 Å². The van der Waals surface area contributed by atoms with Crippen molar-refractivity contribution < 1.29 is 14.6 Å². The maximum absolute atomic E-state index is 10.0. The van der Waals surface area contributed by atoms with Gasteiger partial charge in [-0.3, -0.25) is 0 Å². The summed E-state index contributed by atoms with van der Waals surface area (Å²) in [6, 6.07) is 0. The first-order chi connectivity index (χ1) is 6.79. The summed E-state index contributed by atoms with van der Waals surface area (Å²) in [5, 5.41) is 10.0. The Labute approximate surface area is 86.4 Å². The molecule has 0 spiro atoms. The molecule has 1 fully saturated rings. The van der Waals surface area contributed by atoms with Gasteiger partial charge in [0.15, 0.2) is 6.29 Å². The molecular weight excluding hydrogens is 180 g/mol. The van der Waals surface area contributed by atoms with Gasteiger partial charge in [-0.25, -0.2) is 0 Å². The van der Waals surface area contributed by atoms with E-state index < -0.39 is 12.4 Å². The fraction of sp³-hybridized carbons (Fsp3) is 1.00. The van der Waals surface area contributed by atoms with E-state index in [0.717, 1.165) is 12.8 Å². The quantitative estimate of drug-likeness (QED) is 0.559. The van der Waals surface area contributed by atoms with Crippen LogP contribution in [0, 0.1) is 5.92 Å². The zero-order chi connectivity index (χ0) is 10.4. The van der Waals surface area contributed by atoms with E-state index in [2.05, 4.69) is 0 Å². The van der Waals surface area contributed by atoms with Gasteiger partial charge in [-0.1, -0.05) is 25.7 Å². The van der Waals surface area contributed by atoms with Crippen LogP contribution in [0.3, 0.4) is 0 Å². The minimum absolute atomic E-state index is 0.349. The third-order valence-corrected chi connectivity index (χ3v) is 3.13. The van der Waals surface area contributed by atoms with E-state index in [0.29, 0.717) is 5.92 Å². The third kappa shape index (κ3) is 3.23. The van der Waals surface area contributed by atoms with Gasteiger partial charge in [0, 0.05) is 14.2 Å². The van der Waals surface area contributed by atoms with Crippen LogP contribution in [-0.2, 0) is 9.47 Å². The SMILES string of the molecule is COC(OC)C(O)C1CCCCCC1. The summed E-state index contributed by atoms with van der Waals surface area (Å²) in [6.07, 6.45) is 6.32. The Bertz CT molecular complexity index is 137. The normalized spacial score (nSPS) is 22.3. The average Bonchev–Trinajstić information content (AvgIpc) is 2.47. The van der Waals surface area contributed by atoms with Crippen LogP contribution in [0.2, 0.25) is 0 Å². The molecule has 0 aromatic rings. The van der Waals surface area contributed by atoms with Crippen LogP contribution < -0.4 is 0 Å². The van der Waals surface area contributed by atoms with Crippen LogP contribution in [0.25, 0.3) is 0 Å². The van der Waals surface area contributed by atoms with Crippen LogP contribution in [0.15, 0.2) is 0 Å². The summed E-state index contributed by atoms with van der Waals surface area (Å²) in [4.78, 5) is 0. The Hall–Kier alpha value is -0.120. The van der Waals surface area contributed by atoms with Gasteiger partial charge in [-0.2, -0.15) is 0 Å². The summed E-state index contributed by atoms with van der Waals surface area (Å²) < 4.78 is 10.2. The van der Waals surface area contributed by atoms with Crippen LogP contribution in [-0.4, -0.2) is 31.7 Å². The Morgan fingerprint density at radius 2 is 1.50 bits per heavy atom. The molecule has 0 heterocycles. The van der Waals surface area contributed by atoms with Crippen LogP contribution in [0.5, 0.6) is 0 Å². The molecule has 14 heavy (non-hydrogen) atoms. The number of hydrogen-bond donors (Lipinski definition) is 1. The highest BCUT2D eigenvalue weighted by Crippen LogP contribution is 2.27. The Balaban J connectivity index is 2.43. The van der Waals surface area contributed by atoms with E-state index in [9.17, 15) is 5.11 Å². The average molecular weight is 202 g/mol. The fourth-order valence-electron chi connectivity index (χ4n) is 2.25. The maximum Gasteiger partial charge on any atom is 0.182 e. The molecule has 84 valence electrons. The largest absolute Gasteiger partial charge is 0.388 e. The standard InChI is InChI=1S/C11H22O3/c1-13-11(14-2)10(12)9-7-5-3-4-6-8-9/h9-12H,3-8H2,1-2H3. The van der Waals surface area contributed by atoms with Gasteiger partial charge in [-0.15, -0.1) is 0 Å². The van der Waals surface area contributed by atoms with Crippen LogP contribution in [0.1, 0.15) is 38.5 Å². The number of methoxy groups -OCH3 is 2. The number of aliphatic hydroxyl groups is 1. The molecule has 1 atom stereocenters. The van der Waals surface area contributed by atoms with Crippen molar-refractivity contribution in [1.29, 1.82) is 0 Å². The summed E-state index contributed by atoms with van der Waals surface area (Å²) in [7, 11) is 3.15. The molecule has 3 heteroatoms. The van der Waals surface area contributed by atoms with Gasteiger partial charge in [0.2, 0.25) is 0 Å². The molecule has 1 N–H and O–H groups in total. The fourth-order valence-corrected chi connectivity index (χ4v) is 2.25. The van der Waals surface area contributed by atoms with Crippen molar-refractivity contribution in [3.8, 4) is 0 Å². The molecule has 0 radical (unpaired) electrons. The van der Waals surface area contributed by atoms with Gasteiger partial charge in [0.25, 0.3) is 0 Å². The second kappa shape index (κ2) is 6.38. The minimum atomic E-state index is -0.469. The van der Waals surface area contributed by atoms with Crippen LogP contribution in [0.4, 0.5) is 0 Å². The van der Waals surface area contributed by atoms with E-state index in [1.54, 1.807) is 14.2 Å². The van der Waals surface area contributed by atoms with E-state index in [1.807, 2.05) is 0 Å². The zero-order valence-electron chi connectivity index (χ0n) is 9.24. The van der Waals surface area contributed by atoms with Gasteiger partial charge in [-0.05, 0) is 18.8 Å². The van der Waals surface area contributed by atoms with Gasteiger partial charge >= 0.3 is 0 Å². The highest BCUT2D eigenvalue weighted by Gasteiger charge is 2.27. The first kappa shape index (κ1) is 12.0. The van der Waals surface area contributed by atoms with Crippen molar-refractivity contribution in [3.63, 3.8) is 0 Å². The van der Waals surface area contributed by atoms with Crippen molar-refractivity contribution in [3.05, 3.63) is 0 Å². The molecule has 1 unspecified atom stereocenters. The second-order valence-electron chi connectivity index (χ2n) is 4.08. The summed E-state index contributed by atoms with van der Waals surface area (Å²) in [5.41, 5.74) is 0. The number of rotatable bonds is 4. The van der Waals surface area contributed by atoms with Crippen molar-refractivity contribution in [1.82, 2.24) is 0 Å². The molecule has 0 aliphatic heterocycles. The molecular formula is C11H22O3. The number of ether oxygens (including phenoxy) is 2. The highest BCUT2D eigenvalue weighted by molar-refractivity contribution is 4.74. The number of aliphatic hydroxyl groups excluding tert-OH is 1. The van der Waals surface area contributed by atoms with Gasteiger partial charge < -0.3 is 14.6 Å². The molecule has 1 rings (SSSR count). The predicted octanol–water partition coefficient (Wildman–Crippen LogP) is 1.94. The van der Waals surface area contributed by atoms with E-state index in [-0.39, 0.29) is 0 Å². The lowest BCUT2D eigenvalue weighted by atomic mass is 9.93. The molecule has 1 aliphatic rings. The Morgan fingerprint density at radius 3 is 1.93 bits per heavy atom. The molecule has 3 nitrogen and oxygen atoms in total. The lowest BCUT2D eigenvalue weighted by Gasteiger charge is -2.27. The van der Waals surface area contributed by atoms with Crippen molar-refractivity contribution in [2.45, 2.75) is 50.9 Å². The molecule has 1 aliphatic carbocycles. The molecule has 0 bridgehead atoms. The predicted molar refractivity (Wildman–Crippen MR) is 55.0 cm³/mol. The molecule has 1 saturated carbocycles. The number of hydrogen-bond acceptors (Lipinski definition) is 3. The van der Waals surface area contributed by atoms with Crippen LogP contribution >= 0.6 is 0 Å². The Morgan fingerprint density at radius 1 is 1.00 bits per heavy atom. The first-order valence-corrected chi connectivity index (χ1v) is 5.53. The monoisotopic (exact) mass is 202 g/mol. The second-order valence-corrected chi connectivity index (χ2v) is 4.08. The van der Waals surface area contributed by atoms with Crippen molar-refractivity contribution >= 4 is 0 Å². The highest BCUT2D eigenvalue weighted by atomic mass is 16.7. The lowest BCUT2D eigenvalue weighted by Crippen LogP contribution is -2.36. The van der Waals surface area contributed by atoms with E-state index >= 15 is 0 Å². The summed E-state index contributed by atoms with van der Waals surface area (Å²) in [6.45, 7) is 0. The van der Waals surface area contributed by atoms with Crippen molar-refractivity contribution in [2.75, 3.05) is 14.2 Å². The molecule has 0 aromatic carbocycles. The smallest absolute Gasteiger partial charge is 0.182 e. The summed E-state index contributed by atoms with van der Waals surface area (Å²) >= 11 is 0.